The highest BCUT2D eigenvalue weighted by atomic mass is 32.2. The Morgan fingerprint density at radius 3 is 2.68 bits per heavy atom. The van der Waals surface area contributed by atoms with Crippen LogP contribution < -0.4 is 0 Å². The number of hydrogen-bond acceptors (Lipinski definition) is 3. The van der Waals surface area contributed by atoms with Crippen LogP contribution in [0.1, 0.15) is 29.5 Å². The van der Waals surface area contributed by atoms with Gasteiger partial charge in [-0.15, -0.1) is 11.3 Å². The Morgan fingerprint density at radius 2 is 1.86 bits per heavy atom. The van der Waals surface area contributed by atoms with Gasteiger partial charge in [0.1, 0.15) is 0 Å². The fraction of sp³-hybridized carbons (Fsp3) is 0.333. The van der Waals surface area contributed by atoms with Gasteiger partial charge in [-0.05, 0) is 48.0 Å². The number of fused-ring (bicyclic) bond motifs is 2. The minimum absolute atomic E-state index is 0.639. The molecule has 0 spiro atoms. The molecule has 0 N–H and O–H groups in total. The predicted octanol–water partition coefficient (Wildman–Crippen LogP) is 3.90. The number of benzene rings is 1. The number of piperidine rings is 1. The van der Waals surface area contributed by atoms with E-state index >= 15 is 0 Å². The fourth-order valence-corrected chi connectivity index (χ4v) is 5.90. The van der Waals surface area contributed by atoms with Crippen molar-refractivity contribution in [3.63, 3.8) is 0 Å². The van der Waals surface area contributed by atoms with E-state index in [0.29, 0.717) is 5.75 Å². The molecule has 2 aliphatic rings. The summed E-state index contributed by atoms with van der Waals surface area (Å²) in [4.78, 5) is 2.39. The third kappa shape index (κ3) is 2.39. The zero-order valence-corrected chi connectivity index (χ0v) is 14.3. The first kappa shape index (κ1) is 14.4. The van der Waals surface area contributed by atoms with Gasteiger partial charge in [0, 0.05) is 18.7 Å². The summed E-state index contributed by atoms with van der Waals surface area (Å²) >= 11 is 1.64. The topological polar surface area (TPSA) is 20.3 Å². The summed E-state index contributed by atoms with van der Waals surface area (Å²) in [6.45, 7) is 2.23. The van der Waals surface area contributed by atoms with Crippen LogP contribution in [0.5, 0.6) is 0 Å². The Bertz CT molecular complexity index is 765. The van der Waals surface area contributed by atoms with E-state index in [4.69, 9.17) is 0 Å². The lowest BCUT2D eigenvalue weighted by Crippen LogP contribution is -2.27. The van der Waals surface area contributed by atoms with Gasteiger partial charge in [-0.2, -0.15) is 0 Å². The molecule has 1 fully saturated rings. The van der Waals surface area contributed by atoms with Crippen LogP contribution in [0.25, 0.3) is 5.57 Å². The Morgan fingerprint density at radius 1 is 1.09 bits per heavy atom. The molecular formula is C18H19NOS2. The Kier molecular flexibility index (Phi) is 3.76. The highest BCUT2D eigenvalue weighted by Gasteiger charge is 2.26. The van der Waals surface area contributed by atoms with E-state index in [0.717, 1.165) is 30.1 Å². The first-order chi connectivity index (χ1) is 10.7. The summed E-state index contributed by atoms with van der Waals surface area (Å²) in [5.41, 5.74) is 6.64. The average molecular weight is 329 g/mol. The highest BCUT2D eigenvalue weighted by molar-refractivity contribution is 7.86. The summed E-state index contributed by atoms with van der Waals surface area (Å²) < 4.78 is 13.8. The van der Waals surface area contributed by atoms with Crippen molar-refractivity contribution in [2.24, 2.45) is 0 Å². The fourth-order valence-electron chi connectivity index (χ4n) is 3.42. The molecule has 1 unspecified atom stereocenters. The van der Waals surface area contributed by atoms with Crippen LogP contribution in [-0.2, 0) is 16.6 Å². The maximum absolute atomic E-state index is 12.7. The van der Waals surface area contributed by atoms with Gasteiger partial charge in [0.15, 0.2) is 0 Å². The number of likely N-dealkylation sites (tertiary alicyclic amines) is 1. The second-order valence-electron chi connectivity index (χ2n) is 6.05. The van der Waals surface area contributed by atoms with Crippen molar-refractivity contribution >= 4 is 27.7 Å². The van der Waals surface area contributed by atoms with E-state index in [9.17, 15) is 4.21 Å². The van der Waals surface area contributed by atoms with E-state index in [2.05, 4.69) is 47.7 Å². The average Bonchev–Trinajstić information content (AvgIpc) is 2.96. The number of rotatable bonds is 0. The molecule has 22 heavy (non-hydrogen) atoms. The summed E-state index contributed by atoms with van der Waals surface area (Å²) in [5, 5.41) is 2.09. The summed E-state index contributed by atoms with van der Waals surface area (Å²) in [5.74, 6) is 0.639. The van der Waals surface area contributed by atoms with Crippen molar-refractivity contribution in [1.29, 1.82) is 0 Å². The third-order valence-electron chi connectivity index (χ3n) is 4.62. The van der Waals surface area contributed by atoms with E-state index < -0.39 is 10.8 Å². The van der Waals surface area contributed by atoms with Crippen molar-refractivity contribution in [3.8, 4) is 0 Å². The maximum Gasteiger partial charge on any atom is 0.0992 e. The van der Waals surface area contributed by atoms with Gasteiger partial charge in [0.25, 0.3) is 0 Å². The smallest absolute Gasteiger partial charge is 0.0992 e. The normalized spacial score (nSPS) is 22.1. The number of thiophene rings is 1. The summed E-state index contributed by atoms with van der Waals surface area (Å²) in [7, 11) is 1.27. The van der Waals surface area contributed by atoms with Crippen LogP contribution in [0, 0.1) is 0 Å². The van der Waals surface area contributed by atoms with Crippen molar-refractivity contribution in [1.82, 2.24) is 4.90 Å². The van der Waals surface area contributed by atoms with Crippen molar-refractivity contribution in [2.45, 2.75) is 22.8 Å². The van der Waals surface area contributed by atoms with Crippen LogP contribution in [-0.4, -0.2) is 29.2 Å². The maximum atomic E-state index is 12.7. The Labute approximate surface area is 137 Å². The third-order valence-corrected chi connectivity index (χ3v) is 7.38. The van der Waals surface area contributed by atoms with Gasteiger partial charge in [-0.3, -0.25) is 4.21 Å². The van der Waals surface area contributed by atoms with Crippen LogP contribution in [0.3, 0.4) is 0 Å². The molecule has 2 nitrogen and oxygen atoms in total. The first-order valence-electron chi connectivity index (χ1n) is 7.69. The lowest BCUT2D eigenvalue weighted by Gasteiger charge is -2.27. The SMILES string of the molecule is CN1CCC(=C2c3ccccc3CS(=O)c3sccc32)CC1. The summed E-state index contributed by atoms with van der Waals surface area (Å²) in [6.07, 6.45) is 2.23. The molecule has 4 rings (SSSR count). The van der Waals surface area contributed by atoms with Crippen molar-refractivity contribution in [3.05, 3.63) is 58.0 Å². The minimum atomic E-state index is -0.921. The molecule has 2 aliphatic heterocycles. The first-order valence-corrected chi connectivity index (χ1v) is 9.89. The molecule has 3 heterocycles. The molecule has 0 bridgehead atoms. The second kappa shape index (κ2) is 5.76. The van der Waals surface area contributed by atoms with Crippen LogP contribution in [0.15, 0.2) is 45.5 Å². The standard InChI is InChI=1S/C18H19NOS2/c1-19-9-6-13(7-10-19)17-15-5-3-2-4-14(15)12-22(20)18-16(17)8-11-21-18/h2-5,8,11H,6-7,9-10,12H2,1H3. The summed E-state index contributed by atoms with van der Waals surface area (Å²) in [6, 6.07) is 10.7. The molecule has 1 saturated heterocycles. The van der Waals surface area contributed by atoms with E-state index in [1.165, 1.54) is 27.8 Å². The molecule has 1 aromatic heterocycles. The van der Waals surface area contributed by atoms with Gasteiger partial charge in [0.2, 0.25) is 0 Å². The van der Waals surface area contributed by atoms with Crippen LogP contribution in [0.2, 0.25) is 0 Å². The largest absolute Gasteiger partial charge is 0.306 e. The molecule has 1 atom stereocenters. The lowest BCUT2D eigenvalue weighted by molar-refractivity contribution is 0.313. The highest BCUT2D eigenvalue weighted by Crippen LogP contribution is 2.41. The molecule has 0 aliphatic carbocycles. The quantitative estimate of drug-likeness (QED) is 0.731. The predicted molar refractivity (Wildman–Crippen MR) is 93.6 cm³/mol. The zero-order chi connectivity index (χ0) is 15.1. The zero-order valence-electron chi connectivity index (χ0n) is 12.7. The number of hydrogen-bond donors (Lipinski definition) is 0. The Hall–Kier alpha value is -1.23. The van der Waals surface area contributed by atoms with Crippen LogP contribution >= 0.6 is 11.3 Å². The second-order valence-corrected chi connectivity index (χ2v) is 8.61. The van der Waals surface area contributed by atoms with Crippen LogP contribution in [0.4, 0.5) is 0 Å². The van der Waals surface area contributed by atoms with E-state index in [1.54, 1.807) is 11.3 Å². The molecule has 0 saturated carbocycles. The van der Waals surface area contributed by atoms with Crippen molar-refractivity contribution in [2.75, 3.05) is 20.1 Å². The molecular weight excluding hydrogens is 310 g/mol. The molecule has 114 valence electrons. The monoisotopic (exact) mass is 329 g/mol. The van der Waals surface area contributed by atoms with Crippen molar-refractivity contribution < 1.29 is 4.21 Å². The van der Waals surface area contributed by atoms with E-state index in [-0.39, 0.29) is 0 Å². The number of nitrogens with zero attached hydrogens (tertiary/aromatic N) is 1. The van der Waals surface area contributed by atoms with Gasteiger partial charge >= 0.3 is 0 Å². The molecule has 1 aromatic carbocycles. The van der Waals surface area contributed by atoms with Gasteiger partial charge in [-0.1, -0.05) is 29.8 Å². The molecule has 4 heteroatoms. The molecule has 0 amide bonds. The molecule has 2 aromatic rings. The van der Waals surface area contributed by atoms with Gasteiger partial charge < -0.3 is 4.90 Å². The van der Waals surface area contributed by atoms with E-state index in [1.807, 2.05) is 0 Å². The van der Waals surface area contributed by atoms with Gasteiger partial charge in [-0.25, -0.2) is 0 Å². The Balaban J connectivity index is 1.96. The minimum Gasteiger partial charge on any atom is -0.306 e. The molecule has 0 radical (unpaired) electrons. The lowest BCUT2D eigenvalue weighted by atomic mass is 9.88. The van der Waals surface area contributed by atoms with Gasteiger partial charge in [0.05, 0.1) is 20.8 Å².